The molecule has 0 aliphatic carbocycles. The van der Waals surface area contributed by atoms with Crippen LogP contribution >= 0.6 is 15.9 Å². The molecule has 1 aliphatic rings. The van der Waals surface area contributed by atoms with E-state index in [9.17, 15) is 14.0 Å². The van der Waals surface area contributed by atoms with Gasteiger partial charge in [-0.15, -0.1) is 0 Å². The highest BCUT2D eigenvalue weighted by Crippen LogP contribution is 2.37. The first-order valence-electron chi connectivity index (χ1n) is 8.64. The largest absolute Gasteiger partial charge is 0.444 e. The summed E-state index contributed by atoms with van der Waals surface area (Å²) < 4.78 is 19.4. The van der Waals surface area contributed by atoms with Gasteiger partial charge in [-0.2, -0.15) is 0 Å². The predicted molar refractivity (Wildman–Crippen MR) is 105 cm³/mol. The van der Waals surface area contributed by atoms with Crippen molar-refractivity contribution < 1.29 is 18.4 Å². The molecular weight excluding hydrogens is 427 g/mol. The number of rotatable bonds is 2. The van der Waals surface area contributed by atoms with Crippen LogP contribution in [0.5, 0.6) is 0 Å². The number of aryl methyl sites for hydroxylation is 1. The Balaban J connectivity index is 1.89. The first-order chi connectivity index (χ1) is 13.4. The number of furan rings is 1. The van der Waals surface area contributed by atoms with E-state index < -0.39 is 11.9 Å². The first kappa shape index (κ1) is 18.4. The molecule has 7 heteroatoms. The third-order valence-electron chi connectivity index (χ3n) is 4.63. The van der Waals surface area contributed by atoms with Crippen molar-refractivity contribution in [3.8, 4) is 0 Å². The van der Waals surface area contributed by atoms with E-state index in [0.717, 1.165) is 11.1 Å². The zero-order valence-corrected chi connectivity index (χ0v) is 16.5. The summed E-state index contributed by atoms with van der Waals surface area (Å²) in [6, 6.07) is 14.2. The van der Waals surface area contributed by atoms with E-state index in [1.165, 1.54) is 17.0 Å². The molecule has 0 fully saturated rings. The molecule has 0 saturated carbocycles. The average molecular weight is 443 g/mol. The first-order valence-corrected chi connectivity index (χ1v) is 9.44. The highest BCUT2D eigenvalue weighted by Gasteiger charge is 2.35. The number of nitrogens with zero attached hydrogens (tertiary/aromatic N) is 1. The van der Waals surface area contributed by atoms with Crippen molar-refractivity contribution in [3.05, 3.63) is 87.5 Å². The number of carbonyl (C=O) groups is 2. The van der Waals surface area contributed by atoms with Gasteiger partial charge in [-0.25, -0.2) is 4.39 Å². The summed E-state index contributed by atoms with van der Waals surface area (Å²) in [7, 11) is 0. The van der Waals surface area contributed by atoms with Crippen LogP contribution in [0.2, 0.25) is 0 Å². The fourth-order valence-electron chi connectivity index (χ4n) is 3.39. The quantitative estimate of drug-likeness (QED) is 0.626. The van der Waals surface area contributed by atoms with Gasteiger partial charge in [0.2, 0.25) is 5.91 Å². The van der Waals surface area contributed by atoms with Gasteiger partial charge in [-0.05, 0) is 58.7 Å². The molecule has 1 N–H and O–H groups in total. The summed E-state index contributed by atoms with van der Waals surface area (Å²) in [4.78, 5) is 27.2. The molecule has 0 radical (unpaired) electrons. The van der Waals surface area contributed by atoms with Crippen LogP contribution in [-0.2, 0) is 4.79 Å². The van der Waals surface area contributed by atoms with E-state index in [0.29, 0.717) is 15.9 Å². The number of amides is 2. The molecule has 1 aromatic heterocycles. The maximum Gasteiger partial charge on any atom is 0.290 e. The highest BCUT2D eigenvalue weighted by atomic mass is 79.9. The standard InChI is InChI=1S/C21H16BrFN2O3/c1-12-2-7-16-15(10-12)20(13-3-5-14(23)6-4-13)25(11-19(26)24-16)21(27)17-8-9-18(22)28-17/h2-10,20H,11H2,1H3,(H,24,26)/t20-/m1/s1. The minimum atomic E-state index is -0.578. The van der Waals surface area contributed by atoms with E-state index in [2.05, 4.69) is 21.2 Å². The van der Waals surface area contributed by atoms with Crippen LogP contribution in [0.15, 0.2) is 63.7 Å². The van der Waals surface area contributed by atoms with Gasteiger partial charge in [0, 0.05) is 11.3 Å². The summed E-state index contributed by atoms with van der Waals surface area (Å²) in [5.41, 5.74) is 3.07. The van der Waals surface area contributed by atoms with Gasteiger partial charge >= 0.3 is 0 Å². The van der Waals surface area contributed by atoms with Crippen molar-refractivity contribution >= 4 is 33.4 Å². The third kappa shape index (κ3) is 3.45. The molecule has 2 aromatic carbocycles. The molecule has 4 rings (SSSR count). The molecule has 2 amide bonds. The van der Waals surface area contributed by atoms with Crippen LogP contribution < -0.4 is 5.32 Å². The van der Waals surface area contributed by atoms with Crippen LogP contribution in [0.25, 0.3) is 0 Å². The molecule has 5 nitrogen and oxygen atoms in total. The lowest BCUT2D eigenvalue weighted by atomic mass is 9.94. The van der Waals surface area contributed by atoms with Gasteiger partial charge in [-0.3, -0.25) is 9.59 Å². The number of halogens is 2. The average Bonchev–Trinajstić information content (AvgIpc) is 3.04. The molecule has 0 unspecified atom stereocenters. The van der Waals surface area contributed by atoms with Gasteiger partial charge in [-0.1, -0.05) is 29.8 Å². The molecule has 0 bridgehead atoms. The Morgan fingerprint density at radius 3 is 2.61 bits per heavy atom. The smallest absolute Gasteiger partial charge is 0.290 e. The Morgan fingerprint density at radius 2 is 1.93 bits per heavy atom. The minimum Gasteiger partial charge on any atom is -0.444 e. The second-order valence-electron chi connectivity index (χ2n) is 6.63. The van der Waals surface area contributed by atoms with Crippen molar-refractivity contribution in [1.29, 1.82) is 0 Å². The molecule has 28 heavy (non-hydrogen) atoms. The van der Waals surface area contributed by atoms with Crippen molar-refractivity contribution in [3.63, 3.8) is 0 Å². The minimum absolute atomic E-state index is 0.114. The molecule has 0 saturated heterocycles. The van der Waals surface area contributed by atoms with Crippen LogP contribution in [0.1, 0.15) is 33.3 Å². The Labute approximate surface area is 169 Å². The topological polar surface area (TPSA) is 62.6 Å². The SMILES string of the molecule is Cc1ccc2c(c1)[C@@H](c1ccc(F)cc1)N(C(=O)c1ccc(Br)o1)CC(=O)N2. The van der Waals surface area contributed by atoms with Crippen LogP contribution in [0.3, 0.4) is 0 Å². The van der Waals surface area contributed by atoms with E-state index in [-0.39, 0.29) is 24.0 Å². The molecule has 1 atom stereocenters. The second-order valence-corrected chi connectivity index (χ2v) is 7.41. The molecular formula is C21H16BrFN2O3. The van der Waals surface area contributed by atoms with Crippen LogP contribution in [0.4, 0.5) is 10.1 Å². The van der Waals surface area contributed by atoms with Gasteiger partial charge in [0.25, 0.3) is 5.91 Å². The van der Waals surface area contributed by atoms with Gasteiger partial charge in [0.05, 0.1) is 6.04 Å². The highest BCUT2D eigenvalue weighted by molar-refractivity contribution is 9.10. The summed E-state index contributed by atoms with van der Waals surface area (Å²) in [5, 5.41) is 2.86. The number of benzene rings is 2. The molecule has 142 valence electrons. The lowest BCUT2D eigenvalue weighted by molar-refractivity contribution is -0.117. The fraction of sp³-hybridized carbons (Fsp3) is 0.143. The molecule has 2 heterocycles. The Hall–Kier alpha value is -2.93. The van der Waals surface area contributed by atoms with Crippen molar-refractivity contribution in [2.45, 2.75) is 13.0 Å². The summed E-state index contributed by atoms with van der Waals surface area (Å²) in [5.74, 6) is -0.995. The zero-order valence-electron chi connectivity index (χ0n) is 14.9. The third-order valence-corrected chi connectivity index (χ3v) is 5.06. The Kier molecular flexibility index (Phi) is 4.77. The fourth-order valence-corrected chi connectivity index (χ4v) is 3.70. The molecule has 0 spiro atoms. The molecule has 3 aromatic rings. The van der Waals surface area contributed by atoms with Gasteiger partial charge < -0.3 is 14.6 Å². The number of carbonyl (C=O) groups excluding carboxylic acids is 2. The Bertz CT molecular complexity index is 1060. The summed E-state index contributed by atoms with van der Waals surface area (Å²) in [6.45, 7) is 1.78. The van der Waals surface area contributed by atoms with Gasteiger partial charge in [0.1, 0.15) is 12.4 Å². The van der Waals surface area contributed by atoms with E-state index >= 15 is 0 Å². The summed E-state index contributed by atoms with van der Waals surface area (Å²) >= 11 is 3.20. The normalized spacial score (nSPS) is 16.3. The number of nitrogens with one attached hydrogen (secondary N) is 1. The van der Waals surface area contributed by atoms with Crippen molar-refractivity contribution in [2.75, 3.05) is 11.9 Å². The van der Waals surface area contributed by atoms with E-state index in [4.69, 9.17) is 4.42 Å². The number of hydrogen-bond donors (Lipinski definition) is 1. The van der Waals surface area contributed by atoms with Crippen LogP contribution in [0, 0.1) is 12.7 Å². The monoisotopic (exact) mass is 442 g/mol. The number of hydrogen-bond acceptors (Lipinski definition) is 3. The maximum atomic E-state index is 13.5. The second kappa shape index (κ2) is 7.24. The Morgan fingerprint density at radius 1 is 1.18 bits per heavy atom. The van der Waals surface area contributed by atoms with Crippen LogP contribution in [-0.4, -0.2) is 23.3 Å². The van der Waals surface area contributed by atoms with E-state index in [1.54, 1.807) is 24.3 Å². The predicted octanol–water partition coefficient (Wildman–Crippen LogP) is 4.67. The summed E-state index contributed by atoms with van der Waals surface area (Å²) in [6.07, 6.45) is 0. The van der Waals surface area contributed by atoms with Gasteiger partial charge in [0.15, 0.2) is 10.4 Å². The lowest BCUT2D eigenvalue weighted by Crippen LogP contribution is -2.38. The van der Waals surface area contributed by atoms with E-state index in [1.807, 2.05) is 25.1 Å². The number of fused-ring (bicyclic) bond motifs is 1. The zero-order chi connectivity index (χ0) is 19.8. The van der Waals surface area contributed by atoms with Crippen molar-refractivity contribution in [2.24, 2.45) is 0 Å². The number of anilines is 1. The lowest BCUT2D eigenvalue weighted by Gasteiger charge is -2.30. The molecule has 1 aliphatic heterocycles. The maximum absolute atomic E-state index is 13.5. The van der Waals surface area contributed by atoms with Crippen molar-refractivity contribution in [1.82, 2.24) is 4.90 Å².